The maximum absolute atomic E-state index is 12.5. The van der Waals surface area contributed by atoms with E-state index >= 15 is 0 Å². The first-order valence-corrected chi connectivity index (χ1v) is 10.0. The van der Waals surface area contributed by atoms with Crippen LogP contribution < -0.4 is 4.72 Å². The number of halogens is 1. The van der Waals surface area contributed by atoms with Crippen LogP contribution in [-0.4, -0.2) is 20.1 Å². The topological polar surface area (TPSA) is 66.4 Å². The lowest BCUT2D eigenvalue weighted by molar-refractivity contribution is 0.184. The second-order valence-electron chi connectivity index (χ2n) is 5.46. The van der Waals surface area contributed by atoms with E-state index in [0.717, 1.165) is 15.6 Å². The molecule has 0 amide bonds. The van der Waals surface area contributed by atoms with E-state index in [1.165, 1.54) is 17.4 Å². The molecule has 4 nitrogen and oxygen atoms in total. The van der Waals surface area contributed by atoms with Gasteiger partial charge in [0.15, 0.2) is 0 Å². The third kappa shape index (κ3) is 3.48. The fraction of sp³-hybridized carbons (Fsp3) is 0.176. The zero-order valence-corrected chi connectivity index (χ0v) is 15.3. The van der Waals surface area contributed by atoms with Gasteiger partial charge in [0.05, 0.1) is 11.0 Å². The fourth-order valence-electron chi connectivity index (χ4n) is 2.50. The number of fused-ring (bicyclic) bond motifs is 1. The van der Waals surface area contributed by atoms with Crippen molar-refractivity contribution in [2.45, 2.75) is 17.9 Å². The van der Waals surface area contributed by atoms with Crippen molar-refractivity contribution < 1.29 is 13.5 Å². The lowest BCUT2D eigenvalue weighted by Crippen LogP contribution is -2.29. The van der Waals surface area contributed by atoms with Crippen LogP contribution in [0.25, 0.3) is 10.1 Å². The Hall–Kier alpha value is -1.44. The van der Waals surface area contributed by atoms with Crippen molar-refractivity contribution in [1.82, 2.24) is 4.72 Å². The van der Waals surface area contributed by atoms with Crippen LogP contribution in [0.15, 0.2) is 52.7 Å². The van der Waals surface area contributed by atoms with Crippen molar-refractivity contribution in [3.8, 4) is 0 Å². The summed E-state index contributed by atoms with van der Waals surface area (Å²) in [6.45, 7) is 1.60. The maximum atomic E-state index is 12.5. The van der Waals surface area contributed by atoms with E-state index in [1.807, 2.05) is 29.6 Å². The molecule has 3 rings (SSSR count). The van der Waals surface area contributed by atoms with E-state index in [2.05, 4.69) is 4.72 Å². The molecule has 3 aromatic rings. The van der Waals surface area contributed by atoms with Crippen LogP contribution in [0.4, 0.5) is 0 Å². The molecule has 0 spiro atoms. The Bertz CT molecular complexity index is 982. The van der Waals surface area contributed by atoms with Gasteiger partial charge in [-0.3, -0.25) is 0 Å². The molecule has 24 heavy (non-hydrogen) atoms. The van der Waals surface area contributed by atoms with E-state index in [9.17, 15) is 13.5 Å². The zero-order valence-electron chi connectivity index (χ0n) is 12.9. The molecule has 2 aromatic carbocycles. The van der Waals surface area contributed by atoms with Crippen molar-refractivity contribution in [2.24, 2.45) is 0 Å². The number of aliphatic hydroxyl groups excluding tert-OH is 1. The van der Waals surface area contributed by atoms with Crippen molar-refractivity contribution >= 4 is 43.0 Å². The Morgan fingerprint density at radius 2 is 2.00 bits per heavy atom. The molecule has 0 saturated heterocycles. The van der Waals surface area contributed by atoms with Crippen LogP contribution in [-0.2, 0) is 10.0 Å². The van der Waals surface area contributed by atoms with Gasteiger partial charge in [-0.2, -0.15) is 0 Å². The SMILES string of the molecule is Cc1ccc(Cl)cc1S(=O)(=O)NCC(O)c1csc2ccccc12. The van der Waals surface area contributed by atoms with Gasteiger partial charge in [0.1, 0.15) is 0 Å². The number of hydrogen-bond acceptors (Lipinski definition) is 4. The molecule has 1 aromatic heterocycles. The first-order chi connectivity index (χ1) is 11.4. The monoisotopic (exact) mass is 381 g/mol. The summed E-state index contributed by atoms with van der Waals surface area (Å²) in [5, 5.41) is 13.5. The van der Waals surface area contributed by atoms with Gasteiger partial charge < -0.3 is 5.11 Å². The largest absolute Gasteiger partial charge is 0.387 e. The van der Waals surface area contributed by atoms with Crippen LogP contribution in [0.1, 0.15) is 17.2 Å². The van der Waals surface area contributed by atoms with Gasteiger partial charge in [0.25, 0.3) is 0 Å². The van der Waals surface area contributed by atoms with Crippen LogP contribution in [0.5, 0.6) is 0 Å². The maximum Gasteiger partial charge on any atom is 0.240 e. The molecule has 7 heteroatoms. The number of benzene rings is 2. The van der Waals surface area contributed by atoms with Gasteiger partial charge in [-0.1, -0.05) is 35.9 Å². The van der Waals surface area contributed by atoms with Gasteiger partial charge in [-0.25, -0.2) is 13.1 Å². The normalized spacial score (nSPS) is 13.3. The van der Waals surface area contributed by atoms with Crippen LogP contribution >= 0.6 is 22.9 Å². The van der Waals surface area contributed by atoms with Crippen LogP contribution in [0, 0.1) is 6.92 Å². The lowest BCUT2D eigenvalue weighted by Gasteiger charge is -2.13. The van der Waals surface area contributed by atoms with E-state index in [0.29, 0.717) is 10.6 Å². The number of aliphatic hydroxyl groups is 1. The van der Waals surface area contributed by atoms with Crippen molar-refractivity contribution in [2.75, 3.05) is 6.54 Å². The van der Waals surface area contributed by atoms with E-state index in [4.69, 9.17) is 11.6 Å². The van der Waals surface area contributed by atoms with Crippen LogP contribution in [0.2, 0.25) is 5.02 Å². The molecule has 1 atom stereocenters. The van der Waals surface area contributed by atoms with Gasteiger partial charge in [-0.05, 0) is 41.5 Å². The van der Waals surface area contributed by atoms with Crippen molar-refractivity contribution in [1.29, 1.82) is 0 Å². The first-order valence-electron chi connectivity index (χ1n) is 7.28. The summed E-state index contributed by atoms with van der Waals surface area (Å²) in [6, 6.07) is 12.4. The summed E-state index contributed by atoms with van der Waals surface area (Å²) in [4.78, 5) is 0.123. The summed E-state index contributed by atoms with van der Waals surface area (Å²) in [5.41, 5.74) is 1.32. The molecule has 1 heterocycles. The average Bonchev–Trinajstić information content (AvgIpc) is 2.99. The van der Waals surface area contributed by atoms with Gasteiger partial charge in [0.2, 0.25) is 10.0 Å². The number of nitrogens with one attached hydrogen (secondary N) is 1. The number of thiophene rings is 1. The molecule has 0 aliphatic rings. The Kier molecular flexibility index (Phi) is 4.94. The summed E-state index contributed by atoms with van der Waals surface area (Å²) in [7, 11) is -3.74. The predicted molar refractivity (Wildman–Crippen MR) is 98.2 cm³/mol. The molecule has 0 aliphatic heterocycles. The molecule has 0 bridgehead atoms. The summed E-state index contributed by atoms with van der Waals surface area (Å²) < 4.78 is 28.4. The van der Waals surface area contributed by atoms with Gasteiger partial charge >= 0.3 is 0 Å². The molecule has 2 N–H and O–H groups in total. The molecule has 0 fully saturated rings. The molecular weight excluding hydrogens is 366 g/mol. The standard InChI is InChI=1S/C17H16ClNO3S2/c1-11-6-7-12(18)8-17(11)24(21,22)19-9-15(20)14-10-23-16-5-3-2-4-13(14)16/h2-8,10,15,19-20H,9H2,1H3. The molecule has 1 unspecified atom stereocenters. The Balaban J connectivity index is 1.80. The highest BCUT2D eigenvalue weighted by Gasteiger charge is 2.20. The lowest BCUT2D eigenvalue weighted by atomic mass is 10.1. The fourth-order valence-corrected chi connectivity index (χ4v) is 5.05. The van der Waals surface area contributed by atoms with E-state index < -0.39 is 16.1 Å². The highest BCUT2D eigenvalue weighted by atomic mass is 35.5. The second-order valence-corrected chi connectivity index (χ2v) is 8.55. The van der Waals surface area contributed by atoms with Gasteiger partial charge in [0, 0.05) is 21.8 Å². The molecule has 0 radical (unpaired) electrons. The summed E-state index contributed by atoms with van der Waals surface area (Å²) in [5.74, 6) is 0. The smallest absolute Gasteiger partial charge is 0.240 e. The number of aryl methyl sites for hydroxylation is 1. The number of hydrogen-bond donors (Lipinski definition) is 2. The van der Waals surface area contributed by atoms with E-state index in [-0.39, 0.29) is 11.4 Å². The number of rotatable bonds is 5. The first kappa shape index (κ1) is 17.4. The summed E-state index contributed by atoms with van der Waals surface area (Å²) in [6.07, 6.45) is -0.921. The van der Waals surface area contributed by atoms with E-state index in [1.54, 1.807) is 19.1 Å². The molecular formula is C17H16ClNO3S2. The number of sulfonamides is 1. The predicted octanol–water partition coefficient (Wildman–Crippen LogP) is 3.88. The minimum absolute atomic E-state index is 0.102. The van der Waals surface area contributed by atoms with Crippen molar-refractivity contribution in [3.05, 3.63) is 64.0 Å². The highest BCUT2D eigenvalue weighted by molar-refractivity contribution is 7.89. The Morgan fingerprint density at radius 3 is 2.79 bits per heavy atom. The second kappa shape index (κ2) is 6.82. The minimum Gasteiger partial charge on any atom is -0.387 e. The minimum atomic E-state index is -3.74. The molecule has 0 aliphatic carbocycles. The zero-order chi connectivity index (χ0) is 17.3. The third-order valence-electron chi connectivity index (χ3n) is 3.78. The van der Waals surface area contributed by atoms with Crippen molar-refractivity contribution in [3.63, 3.8) is 0 Å². The Morgan fingerprint density at radius 1 is 1.25 bits per heavy atom. The Labute approximate surface area is 149 Å². The summed E-state index contributed by atoms with van der Waals surface area (Å²) >= 11 is 7.41. The quantitative estimate of drug-likeness (QED) is 0.704. The molecule has 0 saturated carbocycles. The van der Waals surface area contributed by atoms with Gasteiger partial charge in [-0.15, -0.1) is 11.3 Å². The van der Waals surface area contributed by atoms with Crippen LogP contribution in [0.3, 0.4) is 0 Å². The highest BCUT2D eigenvalue weighted by Crippen LogP contribution is 2.30. The average molecular weight is 382 g/mol. The molecule has 126 valence electrons. The third-order valence-corrected chi connectivity index (χ3v) is 6.56.